The number of benzene rings is 1. The van der Waals surface area contributed by atoms with E-state index in [1.807, 2.05) is 0 Å². The molecule has 2 heterocycles. The molecule has 2 N–H and O–H groups in total. The summed E-state index contributed by atoms with van der Waals surface area (Å²) in [4.78, 5) is 28.3. The van der Waals surface area contributed by atoms with Gasteiger partial charge in [0, 0.05) is 5.56 Å². The fourth-order valence-electron chi connectivity index (χ4n) is 2.76. The highest BCUT2D eigenvalue weighted by Gasteiger charge is 2.37. The fourth-order valence-corrected chi connectivity index (χ4v) is 2.76. The van der Waals surface area contributed by atoms with E-state index in [4.69, 9.17) is 0 Å². The van der Waals surface area contributed by atoms with Crippen molar-refractivity contribution in [3.05, 3.63) is 35.6 Å². The lowest BCUT2D eigenvalue weighted by molar-refractivity contribution is -0.130. The van der Waals surface area contributed by atoms with Crippen LogP contribution in [-0.2, 0) is 9.59 Å². The zero-order chi connectivity index (χ0) is 14.8. The quantitative estimate of drug-likeness (QED) is 0.801. The Morgan fingerprint density at radius 1 is 1.19 bits per heavy atom. The fraction of sp³-hybridized carbons (Fsp3) is 0.400. The van der Waals surface area contributed by atoms with Gasteiger partial charge in [0.25, 0.3) is 5.91 Å². The van der Waals surface area contributed by atoms with Crippen LogP contribution in [0.2, 0.25) is 0 Å². The van der Waals surface area contributed by atoms with Crippen molar-refractivity contribution in [2.45, 2.75) is 31.2 Å². The van der Waals surface area contributed by atoms with Gasteiger partial charge in [-0.05, 0) is 25.5 Å². The Labute approximate surface area is 121 Å². The molecule has 1 aromatic carbocycles. The Balaban J connectivity index is 1.87. The SMILES string of the molecule is O=C1N=C(C2CCCCN2)NC(=O)C1c1ccccc1F. The standard InChI is InChI=1S/C15H16FN3O2/c16-10-6-2-1-5-9(10)12-14(20)18-13(19-15(12)21)11-7-3-4-8-17-11/h1-2,5-6,11-12,17H,3-4,7-8H2,(H,18,19,20,21). The monoisotopic (exact) mass is 289 g/mol. The minimum atomic E-state index is -1.20. The molecule has 2 unspecified atom stereocenters. The number of rotatable bonds is 2. The van der Waals surface area contributed by atoms with Crippen LogP contribution in [0.25, 0.3) is 0 Å². The van der Waals surface area contributed by atoms with Crippen LogP contribution >= 0.6 is 0 Å². The predicted molar refractivity (Wildman–Crippen MR) is 75.4 cm³/mol. The van der Waals surface area contributed by atoms with Gasteiger partial charge >= 0.3 is 0 Å². The van der Waals surface area contributed by atoms with Crippen molar-refractivity contribution >= 4 is 17.6 Å². The number of aliphatic imine (C=N–C) groups is 1. The van der Waals surface area contributed by atoms with E-state index in [-0.39, 0.29) is 11.6 Å². The first-order chi connectivity index (χ1) is 10.2. The number of hydrogen-bond donors (Lipinski definition) is 2. The predicted octanol–water partition coefficient (Wildman–Crippen LogP) is 1.11. The molecule has 0 aromatic heterocycles. The highest BCUT2D eigenvalue weighted by Crippen LogP contribution is 2.24. The molecule has 2 atom stereocenters. The maximum atomic E-state index is 13.8. The van der Waals surface area contributed by atoms with Gasteiger partial charge in [0.15, 0.2) is 0 Å². The molecule has 5 nitrogen and oxygen atoms in total. The molecule has 1 aromatic rings. The lowest BCUT2D eigenvalue weighted by Gasteiger charge is -2.28. The summed E-state index contributed by atoms with van der Waals surface area (Å²) in [7, 11) is 0. The van der Waals surface area contributed by atoms with E-state index in [9.17, 15) is 14.0 Å². The molecular weight excluding hydrogens is 273 g/mol. The van der Waals surface area contributed by atoms with E-state index in [0.29, 0.717) is 5.84 Å². The minimum Gasteiger partial charge on any atom is -0.312 e. The topological polar surface area (TPSA) is 70.6 Å². The zero-order valence-electron chi connectivity index (χ0n) is 11.4. The third-order valence-corrected chi connectivity index (χ3v) is 3.85. The van der Waals surface area contributed by atoms with Crippen LogP contribution in [-0.4, -0.2) is 30.2 Å². The van der Waals surface area contributed by atoms with Gasteiger partial charge in [-0.2, -0.15) is 4.99 Å². The smallest absolute Gasteiger partial charge is 0.264 e. The number of carbonyl (C=O) groups excluding carboxylic acids is 2. The Bertz CT molecular complexity index is 609. The highest BCUT2D eigenvalue weighted by atomic mass is 19.1. The molecule has 3 rings (SSSR count). The molecule has 1 fully saturated rings. The van der Waals surface area contributed by atoms with Crippen LogP contribution in [0.3, 0.4) is 0 Å². The van der Waals surface area contributed by atoms with Crippen LogP contribution in [0.15, 0.2) is 29.3 Å². The Morgan fingerprint density at radius 3 is 2.67 bits per heavy atom. The summed E-state index contributed by atoms with van der Waals surface area (Å²) in [6.07, 6.45) is 2.93. The molecule has 0 bridgehead atoms. The molecule has 0 radical (unpaired) electrons. The largest absolute Gasteiger partial charge is 0.312 e. The summed E-state index contributed by atoms with van der Waals surface area (Å²) in [5.74, 6) is -2.52. The molecule has 2 aliphatic rings. The Hall–Kier alpha value is -2.08. The number of nitrogens with one attached hydrogen (secondary N) is 2. The van der Waals surface area contributed by atoms with Crippen LogP contribution in [0.4, 0.5) is 4.39 Å². The van der Waals surface area contributed by atoms with Gasteiger partial charge < -0.3 is 10.6 Å². The van der Waals surface area contributed by atoms with Gasteiger partial charge in [-0.1, -0.05) is 24.6 Å². The molecule has 0 saturated carbocycles. The van der Waals surface area contributed by atoms with Gasteiger partial charge in [-0.3, -0.25) is 9.59 Å². The van der Waals surface area contributed by atoms with E-state index in [0.717, 1.165) is 25.8 Å². The lowest BCUT2D eigenvalue weighted by atomic mass is 9.94. The van der Waals surface area contributed by atoms with Crippen molar-refractivity contribution in [3.8, 4) is 0 Å². The third kappa shape index (κ3) is 2.71. The van der Waals surface area contributed by atoms with Crippen LogP contribution < -0.4 is 10.6 Å². The lowest BCUT2D eigenvalue weighted by Crippen LogP contribution is -2.53. The summed E-state index contributed by atoms with van der Waals surface area (Å²) in [5, 5.41) is 5.88. The average molecular weight is 289 g/mol. The average Bonchev–Trinajstić information content (AvgIpc) is 2.49. The minimum absolute atomic E-state index is 0.0689. The zero-order valence-corrected chi connectivity index (χ0v) is 11.4. The number of amidine groups is 1. The van der Waals surface area contributed by atoms with Gasteiger partial charge in [-0.15, -0.1) is 0 Å². The van der Waals surface area contributed by atoms with E-state index in [2.05, 4.69) is 15.6 Å². The molecular formula is C15H16FN3O2. The molecule has 1 saturated heterocycles. The normalized spacial score (nSPS) is 26.2. The van der Waals surface area contributed by atoms with Crippen molar-refractivity contribution in [1.29, 1.82) is 0 Å². The second kappa shape index (κ2) is 5.73. The van der Waals surface area contributed by atoms with Crippen molar-refractivity contribution in [2.75, 3.05) is 6.54 Å². The maximum absolute atomic E-state index is 13.8. The molecule has 21 heavy (non-hydrogen) atoms. The van der Waals surface area contributed by atoms with Crippen LogP contribution in [0, 0.1) is 5.82 Å². The van der Waals surface area contributed by atoms with Crippen molar-refractivity contribution in [1.82, 2.24) is 10.6 Å². The van der Waals surface area contributed by atoms with Gasteiger partial charge in [0.1, 0.15) is 17.6 Å². The number of carbonyl (C=O) groups is 2. The van der Waals surface area contributed by atoms with Crippen molar-refractivity contribution in [3.63, 3.8) is 0 Å². The number of amides is 2. The first kappa shape index (κ1) is 13.9. The first-order valence-corrected chi connectivity index (χ1v) is 7.08. The summed E-state index contributed by atoms with van der Waals surface area (Å²) in [5.41, 5.74) is 0.0689. The maximum Gasteiger partial charge on any atom is 0.264 e. The van der Waals surface area contributed by atoms with Crippen LogP contribution in [0.5, 0.6) is 0 Å². The van der Waals surface area contributed by atoms with Gasteiger partial charge in [0.05, 0.1) is 6.04 Å². The second-order valence-electron chi connectivity index (χ2n) is 5.28. The summed E-state index contributed by atoms with van der Waals surface area (Å²) in [6.45, 7) is 0.838. The Morgan fingerprint density at radius 2 is 2.00 bits per heavy atom. The molecule has 0 aliphatic carbocycles. The molecule has 0 spiro atoms. The van der Waals surface area contributed by atoms with E-state index < -0.39 is 23.5 Å². The molecule has 110 valence electrons. The highest BCUT2D eigenvalue weighted by molar-refractivity contribution is 6.20. The van der Waals surface area contributed by atoms with Crippen molar-refractivity contribution < 1.29 is 14.0 Å². The number of piperidine rings is 1. The molecule has 2 aliphatic heterocycles. The number of hydrogen-bond acceptors (Lipinski definition) is 3. The summed E-state index contributed by atoms with van der Waals surface area (Å²) >= 11 is 0. The first-order valence-electron chi connectivity index (χ1n) is 7.08. The van der Waals surface area contributed by atoms with E-state index in [1.165, 1.54) is 18.2 Å². The van der Waals surface area contributed by atoms with E-state index in [1.54, 1.807) is 6.07 Å². The number of halogens is 1. The summed E-state index contributed by atoms with van der Waals surface area (Å²) < 4.78 is 13.8. The number of nitrogens with zero attached hydrogens (tertiary/aromatic N) is 1. The van der Waals surface area contributed by atoms with E-state index >= 15 is 0 Å². The summed E-state index contributed by atoms with van der Waals surface area (Å²) in [6, 6.07) is 5.69. The Kier molecular flexibility index (Phi) is 3.79. The van der Waals surface area contributed by atoms with Crippen molar-refractivity contribution in [2.24, 2.45) is 4.99 Å². The molecule has 6 heteroatoms. The second-order valence-corrected chi connectivity index (χ2v) is 5.28. The van der Waals surface area contributed by atoms with Crippen LogP contribution in [0.1, 0.15) is 30.7 Å². The van der Waals surface area contributed by atoms with Gasteiger partial charge in [0.2, 0.25) is 5.91 Å². The molecule has 2 amide bonds. The third-order valence-electron chi connectivity index (χ3n) is 3.85. The van der Waals surface area contributed by atoms with Gasteiger partial charge in [-0.25, -0.2) is 4.39 Å².